The van der Waals surface area contributed by atoms with Crippen LogP contribution in [0, 0.1) is 11.3 Å². The van der Waals surface area contributed by atoms with Gasteiger partial charge in [-0.1, -0.05) is 29.8 Å². The van der Waals surface area contributed by atoms with Crippen LogP contribution in [0.15, 0.2) is 59.6 Å². The van der Waals surface area contributed by atoms with Crippen LogP contribution in [-0.4, -0.2) is 28.1 Å². The summed E-state index contributed by atoms with van der Waals surface area (Å²) >= 11 is 5.94. The molecule has 1 heterocycles. The minimum atomic E-state index is -0.432. The molecule has 1 aliphatic carbocycles. The molecule has 1 saturated carbocycles. The molecule has 1 aromatic heterocycles. The number of nitrogens with zero attached hydrogens (tertiary/aromatic N) is 3. The average molecular weight is 419 g/mol. The Balaban J connectivity index is 1.55. The number of hydrogen-bond donors (Lipinski definition) is 3. The van der Waals surface area contributed by atoms with Gasteiger partial charge in [-0.05, 0) is 49.6 Å². The maximum absolute atomic E-state index is 12.6. The van der Waals surface area contributed by atoms with Crippen LogP contribution in [0.3, 0.4) is 0 Å². The zero-order chi connectivity index (χ0) is 20.9. The van der Waals surface area contributed by atoms with Crippen LogP contribution in [0.5, 0.6) is 0 Å². The topological polar surface area (TPSA) is 106 Å². The lowest BCUT2D eigenvalue weighted by Gasteiger charge is -2.28. The van der Waals surface area contributed by atoms with Crippen molar-refractivity contribution < 1.29 is 4.79 Å². The fourth-order valence-electron chi connectivity index (χ4n) is 3.01. The predicted octanol–water partition coefficient (Wildman–Crippen LogP) is 4.35. The molecule has 4 rings (SSSR count). The molecule has 0 bridgehead atoms. The summed E-state index contributed by atoms with van der Waals surface area (Å²) in [5, 5.41) is 23.3. The van der Waals surface area contributed by atoms with Gasteiger partial charge in [0.1, 0.15) is 5.82 Å². The Labute approximate surface area is 178 Å². The SMILES string of the molecule is N#Cc1cccc(C(=O)/N=C(\Nc2cc(-c3ccc(Cl)cc3)n[nH]2)NC2CCC2)c1. The van der Waals surface area contributed by atoms with E-state index in [-0.39, 0.29) is 6.04 Å². The van der Waals surface area contributed by atoms with Crippen molar-refractivity contribution in [2.24, 2.45) is 4.99 Å². The molecule has 7 nitrogen and oxygen atoms in total. The van der Waals surface area contributed by atoms with Gasteiger partial charge in [0.05, 0.1) is 17.3 Å². The second kappa shape index (κ2) is 8.80. The van der Waals surface area contributed by atoms with Crippen molar-refractivity contribution in [1.82, 2.24) is 15.5 Å². The van der Waals surface area contributed by atoms with E-state index in [1.165, 1.54) is 6.07 Å². The molecule has 1 amide bonds. The van der Waals surface area contributed by atoms with Gasteiger partial charge in [0.15, 0.2) is 0 Å². The van der Waals surface area contributed by atoms with Gasteiger partial charge in [0.2, 0.25) is 5.96 Å². The monoisotopic (exact) mass is 418 g/mol. The van der Waals surface area contributed by atoms with Crippen LogP contribution in [0.4, 0.5) is 5.82 Å². The smallest absolute Gasteiger partial charge is 0.280 e. The number of benzene rings is 2. The zero-order valence-electron chi connectivity index (χ0n) is 16.0. The molecule has 0 saturated heterocycles. The number of H-pyrrole nitrogens is 1. The second-order valence-corrected chi connectivity index (χ2v) is 7.47. The molecular weight excluding hydrogens is 400 g/mol. The van der Waals surface area contributed by atoms with Crippen molar-refractivity contribution in [2.75, 3.05) is 5.32 Å². The van der Waals surface area contributed by atoms with E-state index in [1.807, 2.05) is 24.3 Å². The van der Waals surface area contributed by atoms with E-state index in [1.54, 1.807) is 30.3 Å². The number of amides is 1. The maximum Gasteiger partial charge on any atom is 0.280 e. The number of guanidine groups is 1. The molecular formula is C22H19ClN6O. The highest BCUT2D eigenvalue weighted by molar-refractivity contribution is 6.30. The van der Waals surface area contributed by atoms with Crippen LogP contribution in [0.2, 0.25) is 5.02 Å². The lowest BCUT2D eigenvalue weighted by atomic mass is 9.93. The molecule has 0 unspecified atom stereocenters. The lowest BCUT2D eigenvalue weighted by molar-refractivity contribution is 0.100. The summed E-state index contributed by atoms with van der Waals surface area (Å²) in [5.41, 5.74) is 2.43. The normalized spacial score (nSPS) is 13.9. The molecule has 2 aromatic carbocycles. The Morgan fingerprint density at radius 1 is 1.20 bits per heavy atom. The fourth-order valence-corrected chi connectivity index (χ4v) is 3.14. The van der Waals surface area contributed by atoms with Crippen LogP contribution in [0.1, 0.15) is 35.2 Å². The number of carbonyl (C=O) groups excluding carboxylic acids is 1. The molecule has 0 atom stereocenters. The third-order valence-corrected chi connectivity index (χ3v) is 5.12. The Bertz CT molecular complexity index is 1130. The second-order valence-electron chi connectivity index (χ2n) is 7.03. The largest absolute Gasteiger partial charge is 0.353 e. The number of rotatable bonds is 4. The van der Waals surface area contributed by atoms with E-state index in [0.29, 0.717) is 27.9 Å². The zero-order valence-corrected chi connectivity index (χ0v) is 16.8. The van der Waals surface area contributed by atoms with Crippen LogP contribution >= 0.6 is 11.6 Å². The predicted molar refractivity (Wildman–Crippen MR) is 116 cm³/mol. The molecule has 0 spiro atoms. The van der Waals surface area contributed by atoms with Gasteiger partial charge in [-0.2, -0.15) is 15.4 Å². The van der Waals surface area contributed by atoms with Crippen molar-refractivity contribution in [3.05, 3.63) is 70.7 Å². The number of aromatic nitrogens is 2. The van der Waals surface area contributed by atoms with Crippen molar-refractivity contribution in [2.45, 2.75) is 25.3 Å². The first-order valence-corrected chi connectivity index (χ1v) is 9.96. The molecule has 0 aliphatic heterocycles. The summed E-state index contributed by atoms with van der Waals surface area (Å²) in [6.45, 7) is 0. The molecule has 8 heteroatoms. The summed E-state index contributed by atoms with van der Waals surface area (Å²) in [6, 6.07) is 18.0. The van der Waals surface area contributed by atoms with E-state index in [4.69, 9.17) is 16.9 Å². The van der Waals surface area contributed by atoms with Gasteiger partial charge in [-0.25, -0.2) is 0 Å². The number of aliphatic imine (C=N–C) groups is 1. The number of hydrogen-bond acceptors (Lipinski definition) is 3. The average Bonchev–Trinajstić information content (AvgIpc) is 3.19. The molecule has 150 valence electrons. The first kappa shape index (κ1) is 19.7. The fraction of sp³-hybridized carbons (Fsp3) is 0.182. The summed E-state index contributed by atoms with van der Waals surface area (Å²) in [4.78, 5) is 16.9. The van der Waals surface area contributed by atoms with E-state index in [0.717, 1.165) is 30.5 Å². The molecule has 0 radical (unpaired) electrons. The Morgan fingerprint density at radius 2 is 2.00 bits per heavy atom. The molecule has 1 aliphatic rings. The summed E-state index contributed by atoms with van der Waals surface area (Å²) in [7, 11) is 0. The third-order valence-electron chi connectivity index (χ3n) is 4.87. The maximum atomic E-state index is 12.6. The number of nitrogens with one attached hydrogen (secondary N) is 3. The van der Waals surface area contributed by atoms with Crippen LogP contribution < -0.4 is 10.6 Å². The van der Waals surface area contributed by atoms with Crippen molar-refractivity contribution in [1.29, 1.82) is 5.26 Å². The summed E-state index contributed by atoms with van der Waals surface area (Å²) in [5.74, 6) is 0.515. The highest BCUT2D eigenvalue weighted by atomic mass is 35.5. The van der Waals surface area contributed by atoms with Gasteiger partial charge < -0.3 is 10.6 Å². The first-order chi connectivity index (χ1) is 14.6. The lowest BCUT2D eigenvalue weighted by Crippen LogP contribution is -2.43. The van der Waals surface area contributed by atoms with E-state index < -0.39 is 5.91 Å². The molecule has 1 fully saturated rings. The number of carbonyl (C=O) groups is 1. The number of anilines is 1. The van der Waals surface area contributed by atoms with Gasteiger partial charge in [0.25, 0.3) is 5.91 Å². The number of halogens is 1. The number of nitriles is 1. The minimum absolute atomic E-state index is 0.271. The first-order valence-electron chi connectivity index (χ1n) is 9.59. The highest BCUT2D eigenvalue weighted by Gasteiger charge is 2.20. The quantitative estimate of drug-likeness (QED) is 0.431. The Kier molecular flexibility index (Phi) is 5.77. The van der Waals surface area contributed by atoms with E-state index in [9.17, 15) is 4.79 Å². The van der Waals surface area contributed by atoms with Crippen molar-refractivity contribution >= 4 is 29.3 Å². The highest BCUT2D eigenvalue weighted by Crippen LogP contribution is 2.22. The van der Waals surface area contributed by atoms with Gasteiger partial charge in [-0.3, -0.25) is 9.89 Å². The molecule has 3 aromatic rings. The molecule has 3 N–H and O–H groups in total. The van der Waals surface area contributed by atoms with Gasteiger partial charge in [0, 0.05) is 28.3 Å². The number of aromatic amines is 1. The van der Waals surface area contributed by atoms with Crippen LogP contribution in [0.25, 0.3) is 11.3 Å². The van der Waals surface area contributed by atoms with Crippen molar-refractivity contribution in [3.63, 3.8) is 0 Å². The third kappa shape index (κ3) is 4.67. The van der Waals surface area contributed by atoms with E-state index >= 15 is 0 Å². The summed E-state index contributed by atoms with van der Waals surface area (Å²) < 4.78 is 0. The minimum Gasteiger partial charge on any atom is -0.353 e. The standard InChI is InChI=1S/C22H19ClN6O/c23-17-9-7-15(8-10-17)19-12-20(29-28-19)26-22(25-18-5-2-6-18)27-21(30)16-4-1-3-14(11-16)13-24/h1,3-4,7-12,18H,2,5-6H2,(H3,25,26,27,28,29,30). The van der Waals surface area contributed by atoms with Crippen molar-refractivity contribution in [3.8, 4) is 17.3 Å². The summed E-state index contributed by atoms with van der Waals surface area (Å²) in [6.07, 6.45) is 3.20. The van der Waals surface area contributed by atoms with Crippen LogP contribution in [-0.2, 0) is 0 Å². The Morgan fingerprint density at radius 3 is 2.70 bits per heavy atom. The van der Waals surface area contributed by atoms with E-state index in [2.05, 4.69) is 25.8 Å². The van der Waals surface area contributed by atoms with Gasteiger partial charge in [-0.15, -0.1) is 0 Å². The molecule has 30 heavy (non-hydrogen) atoms. The van der Waals surface area contributed by atoms with Gasteiger partial charge >= 0.3 is 0 Å². The Hall–Kier alpha value is -3.63.